The smallest absolute Gasteiger partial charge is 0.0962 e. The van der Waals surface area contributed by atoms with Crippen LogP contribution in [0.1, 0.15) is 10.6 Å². The maximum Gasteiger partial charge on any atom is 0.0962 e. The molecule has 2 rings (SSSR count). The van der Waals surface area contributed by atoms with Gasteiger partial charge in [-0.25, -0.2) is 0 Å². The van der Waals surface area contributed by atoms with Gasteiger partial charge in [-0.1, -0.05) is 11.3 Å². The van der Waals surface area contributed by atoms with E-state index in [2.05, 4.69) is 39.8 Å². The van der Waals surface area contributed by atoms with E-state index >= 15 is 0 Å². The molecule has 0 aliphatic carbocycles. The van der Waals surface area contributed by atoms with Crippen LogP contribution in [0.2, 0.25) is 0 Å². The van der Waals surface area contributed by atoms with E-state index in [0.717, 1.165) is 31.7 Å². The fourth-order valence-corrected chi connectivity index (χ4v) is 2.38. The topological polar surface area (TPSA) is 60.0 Å². The molecule has 2 aromatic heterocycles. The highest BCUT2D eigenvalue weighted by molar-refractivity contribution is 7.09. The maximum atomic E-state index is 5.50. The first-order valence-electron chi connectivity index (χ1n) is 6.08. The van der Waals surface area contributed by atoms with Crippen LogP contribution in [0.3, 0.4) is 0 Å². The van der Waals surface area contributed by atoms with Crippen LogP contribution in [-0.4, -0.2) is 40.0 Å². The molecule has 2 N–H and O–H groups in total. The molecular weight excluding hydrogens is 246 g/mol. The Morgan fingerprint density at radius 1 is 1.44 bits per heavy atom. The Balaban J connectivity index is 1.69. The van der Waals surface area contributed by atoms with Crippen molar-refractivity contribution in [3.05, 3.63) is 34.3 Å². The standard InChI is InChI=1S/C12H19N5S/c1-16(5-4-12-3-2-8-18-12)6-7-17-10-11(9-13)14-15-17/h2-3,8,10H,4-7,9,13H2,1H3. The monoisotopic (exact) mass is 265 g/mol. The van der Waals surface area contributed by atoms with Crippen LogP contribution in [-0.2, 0) is 19.5 Å². The molecule has 0 bridgehead atoms. The summed E-state index contributed by atoms with van der Waals surface area (Å²) in [7, 11) is 2.13. The second-order valence-corrected chi connectivity index (χ2v) is 5.34. The van der Waals surface area contributed by atoms with E-state index in [1.807, 2.05) is 22.2 Å². The second kappa shape index (κ2) is 6.63. The predicted molar refractivity (Wildman–Crippen MR) is 73.4 cm³/mol. The maximum absolute atomic E-state index is 5.50. The van der Waals surface area contributed by atoms with Crippen molar-refractivity contribution in [2.75, 3.05) is 20.1 Å². The average molecular weight is 265 g/mol. The van der Waals surface area contributed by atoms with E-state index in [9.17, 15) is 0 Å². The van der Waals surface area contributed by atoms with Crippen molar-refractivity contribution in [2.24, 2.45) is 5.73 Å². The Hall–Kier alpha value is -1.24. The SMILES string of the molecule is CN(CCc1cccs1)CCn1cc(CN)nn1. The zero-order valence-electron chi connectivity index (χ0n) is 10.6. The number of likely N-dealkylation sites (N-methyl/N-ethyl adjacent to an activating group) is 1. The van der Waals surface area contributed by atoms with Gasteiger partial charge in [0.1, 0.15) is 0 Å². The number of thiophene rings is 1. The van der Waals surface area contributed by atoms with Crippen LogP contribution in [0.5, 0.6) is 0 Å². The van der Waals surface area contributed by atoms with Crippen LogP contribution < -0.4 is 5.73 Å². The number of hydrogen-bond donors (Lipinski definition) is 1. The first-order valence-corrected chi connectivity index (χ1v) is 6.96. The molecule has 5 nitrogen and oxygen atoms in total. The quantitative estimate of drug-likeness (QED) is 0.810. The van der Waals surface area contributed by atoms with E-state index < -0.39 is 0 Å². The van der Waals surface area contributed by atoms with Gasteiger partial charge in [0.2, 0.25) is 0 Å². The fourth-order valence-electron chi connectivity index (χ4n) is 1.68. The molecule has 0 radical (unpaired) electrons. The molecule has 2 heterocycles. The first-order chi connectivity index (χ1) is 8.78. The summed E-state index contributed by atoms with van der Waals surface area (Å²) in [6.07, 6.45) is 3.02. The van der Waals surface area contributed by atoms with Gasteiger partial charge in [-0.15, -0.1) is 16.4 Å². The lowest BCUT2D eigenvalue weighted by molar-refractivity contribution is 0.315. The van der Waals surface area contributed by atoms with Crippen LogP contribution in [0.25, 0.3) is 0 Å². The normalized spacial score (nSPS) is 11.3. The molecule has 2 aromatic rings. The molecule has 0 aliphatic rings. The molecule has 0 aromatic carbocycles. The zero-order chi connectivity index (χ0) is 12.8. The minimum Gasteiger partial charge on any atom is -0.325 e. The summed E-state index contributed by atoms with van der Waals surface area (Å²) in [5.74, 6) is 0. The van der Waals surface area contributed by atoms with Gasteiger partial charge >= 0.3 is 0 Å². The molecule has 0 spiro atoms. The summed E-state index contributed by atoms with van der Waals surface area (Å²) in [6.45, 7) is 3.35. The zero-order valence-corrected chi connectivity index (χ0v) is 11.4. The van der Waals surface area contributed by atoms with Crippen LogP contribution in [0, 0.1) is 0 Å². The van der Waals surface area contributed by atoms with Crippen molar-refractivity contribution in [3.63, 3.8) is 0 Å². The Labute approximate surface area is 111 Å². The summed E-state index contributed by atoms with van der Waals surface area (Å²) >= 11 is 1.82. The van der Waals surface area contributed by atoms with E-state index in [1.54, 1.807) is 0 Å². The van der Waals surface area contributed by atoms with Gasteiger partial charge in [0.25, 0.3) is 0 Å². The van der Waals surface area contributed by atoms with Crippen molar-refractivity contribution in [1.82, 2.24) is 19.9 Å². The summed E-state index contributed by atoms with van der Waals surface area (Å²) in [5, 5.41) is 10.1. The van der Waals surface area contributed by atoms with Gasteiger partial charge < -0.3 is 10.6 Å². The second-order valence-electron chi connectivity index (χ2n) is 4.31. The highest BCUT2D eigenvalue weighted by Gasteiger charge is 2.02. The van der Waals surface area contributed by atoms with Crippen molar-refractivity contribution in [3.8, 4) is 0 Å². The number of aromatic nitrogens is 3. The van der Waals surface area contributed by atoms with Gasteiger partial charge in [-0.3, -0.25) is 4.68 Å². The third kappa shape index (κ3) is 3.90. The molecular formula is C12H19N5S. The van der Waals surface area contributed by atoms with E-state index in [1.165, 1.54) is 4.88 Å². The molecule has 0 amide bonds. The lowest BCUT2D eigenvalue weighted by atomic mass is 10.3. The highest BCUT2D eigenvalue weighted by atomic mass is 32.1. The summed E-state index contributed by atoms with van der Waals surface area (Å²) in [6, 6.07) is 4.28. The van der Waals surface area contributed by atoms with Crippen LogP contribution >= 0.6 is 11.3 Å². The Kier molecular flexibility index (Phi) is 4.86. The minimum absolute atomic E-state index is 0.453. The summed E-state index contributed by atoms with van der Waals surface area (Å²) in [4.78, 5) is 3.75. The van der Waals surface area contributed by atoms with Gasteiger partial charge in [0, 0.05) is 30.7 Å². The van der Waals surface area contributed by atoms with Gasteiger partial charge in [0.15, 0.2) is 0 Å². The molecule has 0 saturated carbocycles. The third-order valence-corrected chi connectivity index (χ3v) is 3.76. The highest BCUT2D eigenvalue weighted by Crippen LogP contribution is 2.09. The lowest BCUT2D eigenvalue weighted by Gasteiger charge is -2.15. The summed E-state index contributed by atoms with van der Waals surface area (Å²) < 4.78 is 1.85. The Bertz CT molecular complexity index is 451. The van der Waals surface area contributed by atoms with Crippen molar-refractivity contribution < 1.29 is 0 Å². The van der Waals surface area contributed by atoms with Crippen molar-refractivity contribution in [1.29, 1.82) is 0 Å². The average Bonchev–Trinajstić information content (AvgIpc) is 3.04. The summed E-state index contributed by atoms with van der Waals surface area (Å²) in [5.41, 5.74) is 6.34. The van der Waals surface area contributed by atoms with Gasteiger partial charge in [-0.2, -0.15) is 0 Å². The van der Waals surface area contributed by atoms with Crippen LogP contribution in [0.4, 0.5) is 0 Å². The molecule has 18 heavy (non-hydrogen) atoms. The molecule has 0 unspecified atom stereocenters. The predicted octanol–water partition coefficient (Wildman–Crippen LogP) is 0.973. The van der Waals surface area contributed by atoms with Crippen molar-refractivity contribution in [2.45, 2.75) is 19.5 Å². The Morgan fingerprint density at radius 2 is 2.33 bits per heavy atom. The number of nitrogens with zero attached hydrogens (tertiary/aromatic N) is 4. The minimum atomic E-state index is 0.453. The lowest BCUT2D eigenvalue weighted by Crippen LogP contribution is -2.25. The van der Waals surface area contributed by atoms with Crippen molar-refractivity contribution >= 4 is 11.3 Å². The van der Waals surface area contributed by atoms with Crippen LogP contribution in [0.15, 0.2) is 23.7 Å². The molecule has 6 heteroatoms. The molecule has 0 atom stereocenters. The number of hydrogen-bond acceptors (Lipinski definition) is 5. The van der Waals surface area contributed by atoms with Gasteiger partial charge in [-0.05, 0) is 24.9 Å². The molecule has 98 valence electrons. The first kappa shape index (κ1) is 13.2. The fraction of sp³-hybridized carbons (Fsp3) is 0.500. The molecule has 0 saturated heterocycles. The van der Waals surface area contributed by atoms with E-state index in [4.69, 9.17) is 5.73 Å². The Morgan fingerprint density at radius 3 is 3.00 bits per heavy atom. The number of rotatable bonds is 7. The third-order valence-electron chi connectivity index (χ3n) is 2.83. The van der Waals surface area contributed by atoms with Gasteiger partial charge in [0.05, 0.1) is 12.2 Å². The molecule has 0 aliphatic heterocycles. The number of nitrogens with two attached hydrogens (primary N) is 1. The molecule has 0 fully saturated rings. The van der Waals surface area contributed by atoms with E-state index in [0.29, 0.717) is 6.54 Å². The largest absolute Gasteiger partial charge is 0.325 e. The van der Waals surface area contributed by atoms with E-state index in [-0.39, 0.29) is 0 Å².